The normalized spacial score (nSPS) is 14.3. The summed E-state index contributed by atoms with van der Waals surface area (Å²) in [5, 5.41) is 12.2. The van der Waals surface area contributed by atoms with Gasteiger partial charge in [-0.15, -0.1) is 0 Å². The minimum atomic E-state index is -0.263. The van der Waals surface area contributed by atoms with Gasteiger partial charge in [-0.3, -0.25) is 9.59 Å². The highest BCUT2D eigenvalue weighted by Gasteiger charge is 2.20. The van der Waals surface area contributed by atoms with Crippen molar-refractivity contribution in [2.45, 2.75) is 32.2 Å². The number of carbonyl (C=O) groups excluding carboxylic acids is 2. The second-order valence-electron chi connectivity index (χ2n) is 7.42. The summed E-state index contributed by atoms with van der Waals surface area (Å²) in [6.45, 7) is 3.55. The van der Waals surface area contributed by atoms with Crippen LogP contribution in [0, 0.1) is 11.3 Å². The number of nitrogens with zero attached hydrogens (tertiary/aromatic N) is 2. The number of rotatable bonds is 8. The Morgan fingerprint density at radius 3 is 2.61 bits per heavy atom. The lowest BCUT2D eigenvalue weighted by molar-refractivity contribution is -0.132. The molecule has 0 bridgehead atoms. The van der Waals surface area contributed by atoms with Gasteiger partial charge in [-0.25, -0.2) is 0 Å². The highest BCUT2D eigenvalue weighted by atomic mass is 16.5. The molecule has 2 amide bonds. The van der Waals surface area contributed by atoms with Gasteiger partial charge in [-0.1, -0.05) is 43.3 Å². The summed E-state index contributed by atoms with van der Waals surface area (Å²) in [5.74, 6) is 0.326. The van der Waals surface area contributed by atoms with Crippen molar-refractivity contribution in [3.63, 3.8) is 0 Å². The van der Waals surface area contributed by atoms with E-state index in [0.717, 1.165) is 31.5 Å². The first-order valence-electron chi connectivity index (χ1n) is 10.6. The zero-order valence-corrected chi connectivity index (χ0v) is 17.7. The minimum Gasteiger partial charge on any atom is -0.483 e. The average Bonchev–Trinajstić information content (AvgIpc) is 3.35. The van der Waals surface area contributed by atoms with Gasteiger partial charge in [0.15, 0.2) is 6.61 Å². The molecule has 0 aromatic heterocycles. The summed E-state index contributed by atoms with van der Waals surface area (Å²) in [6, 6.07) is 16.4. The van der Waals surface area contributed by atoms with Crippen molar-refractivity contribution in [2.24, 2.45) is 0 Å². The fraction of sp³-hybridized carbons (Fsp3) is 0.320. The third kappa shape index (κ3) is 5.95. The maximum Gasteiger partial charge on any atom is 0.260 e. The van der Waals surface area contributed by atoms with Gasteiger partial charge in [0, 0.05) is 24.7 Å². The van der Waals surface area contributed by atoms with E-state index in [1.54, 1.807) is 24.3 Å². The first kappa shape index (κ1) is 22.1. The lowest BCUT2D eigenvalue weighted by Crippen LogP contribution is -2.32. The Kier molecular flexibility index (Phi) is 7.83. The summed E-state index contributed by atoms with van der Waals surface area (Å²) in [6.07, 6.45) is 5.81. The van der Waals surface area contributed by atoms with Gasteiger partial charge in [0.05, 0.1) is 17.7 Å². The lowest BCUT2D eigenvalue weighted by Gasteiger charge is -2.21. The highest BCUT2D eigenvalue weighted by molar-refractivity contribution is 5.92. The molecule has 0 radical (unpaired) electrons. The zero-order valence-electron chi connectivity index (χ0n) is 17.7. The van der Waals surface area contributed by atoms with E-state index in [1.807, 2.05) is 42.2 Å². The number of nitriles is 1. The molecule has 31 heavy (non-hydrogen) atoms. The molecule has 1 fully saturated rings. The Bertz CT molecular complexity index is 988. The van der Waals surface area contributed by atoms with E-state index in [1.165, 1.54) is 6.08 Å². The first-order chi connectivity index (χ1) is 15.1. The van der Waals surface area contributed by atoms with Gasteiger partial charge in [-0.2, -0.15) is 5.26 Å². The Labute approximate surface area is 183 Å². The van der Waals surface area contributed by atoms with Crippen molar-refractivity contribution >= 4 is 17.9 Å². The number of benzene rings is 2. The van der Waals surface area contributed by atoms with Gasteiger partial charge in [0.25, 0.3) is 5.91 Å². The molecule has 1 aliphatic heterocycles. The Morgan fingerprint density at radius 1 is 1.16 bits per heavy atom. The molecule has 1 heterocycles. The van der Waals surface area contributed by atoms with E-state index in [4.69, 9.17) is 4.74 Å². The molecule has 0 spiro atoms. The molecule has 6 heteroatoms. The average molecular weight is 418 g/mol. The van der Waals surface area contributed by atoms with Gasteiger partial charge in [-0.05, 0) is 43.0 Å². The fourth-order valence-electron chi connectivity index (χ4n) is 3.63. The Balaban J connectivity index is 1.66. The van der Waals surface area contributed by atoms with Crippen molar-refractivity contribution in [3.8, 4) is 11.8 Å². The third-order valence-corrected chi connectivity index (χ3v) is 5.32. The standard InChI is InChI=1S/C25H27N3O3/c1-2-22(27-24(29)14-13-19-9-3-4-10-20(19)17-26)21-11-5-6-12-23(21)31-18-25(30)28-15-7-8-16-28/h3-6,9-14,22H,2,7-8,15-16,18H2,1H3,(H,27,29)/b14-13+. The van der Waals surface area contributed by atoms with Gasteiger partial charge >= 0.3 is 0 Å². The number of nitrogens with one attached hydrogen (secondary N) is 1. The first-order valence-corrected chi connectivity index (χ1v) is 10.6. The molecule has 1 atom stereocenters. The molecule has 160 valence electrons. The molecule has 1 unspecified atom stereocenters. The molecule has 2 aromatic carbocycles. The van der Waals surface area contributed by atoms with Crippen LogP contribution in [0.2, 0.25) is 0 Å². The fourth-order valence-corrected chi connectivity index (χ4v) is 3.63. The van der Waals surface area contributed by atoms with E-state index < -0.39 is 0 Å². The van der Waals surface area contributed by atoms with Crippen molar-refractivity contribution < 1.29 is 14.3 Å². The van der Waals surface area contributed by atoms with Crippen molar-refractivity contribution in [3.05, 3.63) is 71.3 Å². The molecule has 1 N–H and O–H groups in total. The van der Waals surface area contributed by atoms with Crippen LogP contribution in [-0.4, -0.2) is 36.4 Å². The number of ether oxygens (including phenoxy) is 1. The van der Waals surface area contributed by atoms with E-state index >= 15 is 0 Å². The minimum absolute atomic E-state index is 0.00770. The van der Waals surface area contributed by atoms with E-state index in [0.29, 0.717) is 23.3 Å². The second-order valence-corrected chi connectivity index (χ2v) is 7.42. The van der Waals surface area contributed by atoms with Crippen LogP contribution in [0.1, 0.15) is 48.9 Å². The Morgan fingerprint density at radius 2 is 1.87 bits per heavy atom. The summed E-state index contributed by atoms with van der Waals surface area (Å²) in [7, 11) is 0. The van der Waals surface area contributed by atoms with E-state index in [-0.39, 0.29) is 24.5 Å². The summed E-state index contributed by atoms with van der Waals surface area (Å²) in [5.41, 5.74) is 2.04. The number of hydrogen-bond acceptors (Lipinski definition) is 4. The molecule has 6 nitrogen and oxygen atoms in total. The zero-order chi connectivity index (χ0) is 22.1. The third-order valence-electron chi connectivity index (χ3n) is 5.32. The highest BCUT2D eigenvalue weighted by Crippen LogP contribution is 2.27. The molecule has 1 aliphatic rings. The quantitative estimate of drug-likeness (QED) is 0.662. The maximum atomic E-state index is 12.5. The molecule has 0 saturated carbocycles. The van der Waals surface area contributed by atoms with Gasteiger partial charge < -0.3 is 15.0 Å². The smallest absolute Gasteiger partial charge is 0.260 e. The van der Waals surface area contributed by atoms with Crippen molar-refractivity contribution in [1.29, 1.82) is 5.26 Å². The number of para-hydroxylation sites is 1. The van der Waals surface area contributed by atoms with Crippen molar-refractivity contribution in [1.82, 2.24) is 10.2 Å². The molecule has 0 aliphatic carbocycles. The van der Waals surface area contributed by atoms with E-state index in [2.05, 4.69) is 11.4 Å². The number of hydrogen-bond donors (Lipinski definition) is 1. The van der Waals surface area contributed by atoms with Crippen LogP contribution in [0.3, 0.4) is 0 Å². The number of amides is 2. The predicted octanol–water partition coefficient (Wildman–Crippen LogP) is 3.84. The largest absolute Gasteiger partial charge is 0.483 e. The summed E-state index contributed by atoms with van der Waals surface area (Å²) in [4.78, 5) is 26.7. The van der Waals surface area contributed by atoms with Crippen LogP contribution in [0.15, 0.2) is 54.6 Å². The van der Waals surface area contributed by atoms with Gasteiger partial charge in [0.2, 0.25) is 5.91 Å². The molecular weight excluding hydrogens is 390 g/mol. The summed E-state index contributed by atoms with van der Waals surface area (Å²) >= 11 is 0. The topological polar surface area (TPSA) is 82.4 Å². The molecular formula is C25H27N3O3. The monoisotopic (exact) mass is 417 g/mol. The van der Waals surface area contributed by atoms with Crippen LogP contribution >= 0.6 is 0 Å². The molecule has 1 saturated heterocycles. The Hall–Kier alpha value is -3.59. The van der Waals surface area contributed by atoms with Crippen LogP contribution in [-0.2, 0) is 9.59 Å². The number of carbonyl (C=O) groups is 2. The van der Waals surface area contributed by atoms with Crippen LogP contribution in [0.5, 0.6) is 5.75 Å². The van der Waals surface area contributed by atoms with Crippen molar-refractivity contribution in [2.75, 3.05) is 19.7 Å². The van der Waals surface area contributed by atoms with E-state index in [9.17, 15) is 14.9 Å². The van der Waals surface area contributed by atoms with Gasteiger partial charge in [0.1, 0.15) is 5.75 Å². The SMILES string of the molecule is CCC(NC(=O)/C=C/c1ccccc1C#N)c1ccccc1OCC(=O)N1CCCC1. The second kappa shape index (κ2) is 11.0. The molecule has 3 rings (SSSR count). The lowest BCUT2D eigenvalue weighted by atomic mass is 10.0. The predicted molar refractivity (Wildman–Crippen MR) is 119 cm³/mol. The number of likely N-dealkylation sites (tertiary alicyclic amines) is 1. The van der Waals surface area contributed by atoms with Crippen LogP contribution < -0.4 is 10.1 Å². The van der Waals surface area contributed by atoms with Crippen LogP contribution in [0.4, 0.5) is 0 Å². The maximum absolute atomic E-state index is 12.5. The molecule has 2 aromatic rings. The summed E-state index contributed by atoms with van der Waals surface area (Å²) < 4.78 is 5.84. The van der Waals surface area contributed by atoms with Crippen LogP contribution in [0.25, 0.3) is 6.08 Å².